The van der Waals surface area contributed by atoms with E-state index in [0.717, 1.165) is 36.6 Å². The number of aromatic nitrogens is 1. The average Bonchev–Trinajstić information content (AvgIpc) is 3.05. The maximum absolute atomic E-state index is 12.9. The number of nitrogens with zero attached hydrogens (tertiary/aromatic N) is 3. The van der Waals surface area contributed by atoms with Gasteiger partial charge in [0.05, 0.1) is 22.2 Å². The van der Waals surface area contributed by atoms with Gasteiger partial charge in [0, 0.05) is 26.2 Å². The lowest BCUT2D eigenvalue weighted by atomic mass is 9.95. The van der Waals surface area contributed by atoms with E-state index in [2.05, 4.69) is 30.0 Å². The summed E-state index contributed by atoms with van der Waals surface area (Å²) in [6.45, 7) is 5.22. The van der Waals surface area contributed by atoms with Crippen molar-refractivity contribution in [3.8, 4) is 0 Å². The highest BCUT2D eigenvalue weighted by atomic mass is 32.1. The number of rotatable bonds is 2. The number of thiazole rings is 1. The molecule has 0 bridgehead atoms. The lowest BCUT2D eigenvalue weighted by molar-refractivity contribution is -0.137. The Morgan fingerprint density at radius 3 is 2.84 bits per heavy atom. The van der Waals surface area contributed by atoms with Crippen LogP contribution in [0.5, 0.6) is 0 Å². The molecule has 25 heavy (non-hydrogen) atoms. The summed E-state index contributed by atoms with van der Waals surface area (Å²) in [7, 11) is 0. The van der Waals surface area contributed by atoms with Crippen LogP contribution in [0.15, 0.2) is 18.2 Å². The number of carbonyl (C=O) groups is 1. The predicted octanol–water partition coefficient (Wildman–Crippen LogP) is 2.80. The Kier molecular flexibility index (Phi) is 4.65. The molecule has 6 heteroatoms. The number of fused-ring (bicyclic) bond motifs is 1. The van der Waals surface area contributed by atoms with E-state index in [1.165, 1.54) is 10.3 Å². The molecule has 1 N–H and O–H groups in total. The first-order valence-corrected chi connectivity index (χ1v) is 10.0. The second-order valence-electron chi connectivity index (χ2n) is 7.31. The van der Waals surface area contributed by atoms with Crippen LogP contribution in [0.1, 0.15) is 31.2 Å². The molecule has 3 heterocycles. The largest absolute Gasteiger partial charge is 0.393 e. The third-order valence-electron chi connectivity index (χ3n) is 5.35. The summed E-state index contributed by atoms with van der Waals surface area (Å²) in [6.07, 6.45) is 3.16. The molecule has 1 amide bonds. The van der Waals surface area contributed by atoms with Crippen molar-refractivity contribution < 1.29 is 9.90 Å². The van der Waals surface area contributed by atoms with Gasteiger partial charge in [-0.25, -0.2) is 4.98 Å². The van der Waals surface area contributed by atoms with Gasteiger partial charge in [-0.05, 0) is 50.3 Å². The van der Waals surface area contributed by atoms with Crippen molar-refractivity contribution >= 4 is 32.6 Å². The fourth-order valence-corrected chi connectivity index (χ4v) is 4.95. The Labute approximate surface area is 152 Å². The zero-order valence-corrected chi connectivity index (χ0v) is 15.5. The number of piperidine rings is 2. The topological polar surface area (TPSA) is 56.7 Å². The van der Waals surface area contributed by atoms with Gasteiger partial charge >= 0.3 is 0 Å². The number of hydrogen-bond acceptors (Lipinski definition) is 5. The summed E-state index contributed by atoms with van der Waals surface area (Å²) in [5.41, 5.74) is 2.30. The summed E-state index contributed by atoms with van der Waals surface area (Å²) in [5, 5.41) is 10.7. The molecule has 0 spiro atoms. The third-order valence-corrected chi connectivity index (χ3v) is 6.43. The summed E-state index contributed by atoms with van der Waals surface area (Å²) in [6, 6.07) is 6.36. The van der Waals surface area contributed by atoms with Gasteiger partial charge < -0.3 is 14.9 Å². The van der Waals surface area contributed by atoms with E-state index in [0.29, 0.717) is 25.9 Å². The Morgan fingerprint density at radius 1 is 1.24 bits per heavy atom. The lowest BCUT2D eigenvalue weighted by Gasteiger charge is -2.37. The molecule has 0 aliphatic carbocycles. The van der Waals surface area contributed by atoms with E-state index < -0.39 is 0 Å². The Bertz CT molecular complexity index is 767. The highest BCUT2D eigenvalue weighted by Gasteiger charge is 2.32. The molecular weight excluding hydrogens is 334 g/mol. The van der Waals surface area contributed by atoms with Crippen LogP contribution in [0.25, 0.3) is 10.2 Å². The molecule has 134 valence electrons. The second-order valence-corrected chi connectivity index (χ2v) is 8.32. The van der Waals surface area contributed by atoms with Crippen molar-refractivity contribution in [1.29, 1.82) is 0 Å². The van der Waals surface area contributed by atoms with Gasteiger partial charge in [0.25, 0.3) is 0 Å². The van der Waals surface area contributed by atoms with E-state index in [-0.39, 0.29) is 17.9 Å². The van der Waals surface area contributed by atoms with Gasteiger partial charge in [-0.1, -0.05) is 17.4 Å². The molecular formula is C19H25N3O2S. The molecule has 2 fully saturated rings. The Morgan fingerprint density at radius 2 is 2.04 bits per heavy atom. The SMILES string of the molecule is Cc1ccc2nc(N3CCCC(C(=O)N4CCC(O)CC4)C3)sc2c1. The van der Waals surface area contributed by atoms with Gasteiger partial charge in [0.1, 0.15) is 0 Å². The zero-order chi connectivity index (χ0) is 17.4. The molecule has 1 unspecified atom stereocenters. The van der Waals surface area contributed by atoms with Gasteiger partial charge in [-0.2, -0.15) is 0 Å². The molecule has 4 rings (SSSR count). The summed E-state index contributed by atoms with van der Waals surface area (Å²) in [4.78, 5) is 21.9. The number of aliphatic hydroxyl groups is 1. The molecule has 0 radical (unpaired) electrons. The van der Waals surface area contributed by atoms with E-state index in [9.17, 15) is 9.90 Å². The molecule has 1 aromatic carbocycles. The van der Waals surface area contributed by atoms with Crippen LogP contribution in [0, 0.1) is 12.8 Å². The minimum atomic E-state index is -0.238. The van der Waals surface area contributed by atoms with Crippen LogP contribution in [0.4, 0.5) is 5.13 Å². The number of aryl methyl sites for hydroxylation is 1. The van der Waals surface area contributed by atoms with Gasteiger partial charge in [-0.15, -0.1) is 0 Å². The number of hydrogen-bond donors (Lipinski definition) is 1. The summed E-state index contributed by atoms with van der Waals surface area (Å²) < 4.78 is 1.22. The van der Waals surface area contributed by atoms with Crippen LogP contribution in [-0.2, 0) is 4.79 Å². The van der Waals surface area contributed by atoms with Crippen LogP contribution in [0.3, 0.4) is 0 Å². The van der Waals surface area contributed by atoms with Crippen molar-refractivity contribution in [2.24, 2.45) is 5.92 Å². The first-order valence-electron chi connectivity index (χ1n) is 9.19. The predicted molar refractivity (Wildman–Crippen MR) is 101 cm³/mol. The fraction of sp³-hybridized carbons (Fsp3) is 0.579. The van der Waals surface area contributed by atoms with E-state index in [1.54, 1.807) is 11.3 Å². The van der Waals surface area contributed by atoms with Gasteiger partial charge in [-0.3, -0.25) is 4.79 Å². The van der Waals surface area contributed by atoms with Crippen molar-refractivity contribution in [3.05, 3.63) is 23.8 Å². The van der Waals surface area contributed by atoms with Crippen molar-refractivity contribution in [2.75, 3.05) is 31.1 Å². The second kappa shape index (κ2) is 6.92. The molecule has 1 atom stereocenters. The quantitative estimate of drug-likeness (QED) is 0.896. The Hall–Kier alpha value is -1.66. The van der Waals surface area contributed by atoms with Gasteiger partial charge in [0.15, 0.2) is 5.13 Å². The summed E-state index contributed by atoms with van der Waals surface area (Å²) >= 11 is 1.72. The number of carbonyl (C=O) groups excluding carboxylic acids is 1. The number of aliphatic hydroxyl groups excluding tert-OH is 1. The van der Waals surface area contributed by atoms with Crippen LogP contribution >= 0.6 is 11.3 Å². The first-order chi connectivity index (χ1) is 12.1. The standard InChI is InChI=1S/C19H25N3O2S/c1-13-4-5-16-17(11-13)25-19(20-16)22-8-2-3-14(12-22)18(24)21-9-6-15(23)7-10-21/h4-5,11,14-15,23H,2-3,6-10,12H2,1H3. The Balaban J connectivity index is 1.47. The monoisotopic (exact) mass is 359 g/mol. The molecule has 0 saturated carbocycles. The minimum absolute atomic E-state index is 0.0535. The smallest absolute Gasteiger partial charge is 0.227 e. The first kappa shape index (κ1) is 16.8. The van der Waals surface area contributed by atoms with E-state index >= 15 is 0 Å². The van der Waals surface area contributed by atoms with Crippen LogP contribution in [-0.4, -0.2) is 53.2 Å². The minimum Gasteiger partial charge on any atom is -0.393 e. The van der Waals surface area contributed by atoms with Crippen molar-refractivity contribution in [2.45, 2.75) is 38.7 Å². The maximum Gasteiger partial charge on any atom is 0.227 e. The highest BCUT2D eigenvalue weighted by Crippen LogP contribution is 2.32. The maximum atomic E-state index is 12.9. The molecule has 2 aliphatic rings. The van der Waals surface area contributed by atoms with Crippen LogP contribution in [0.2, 0.25) is 0 Å². The van der Waals surface area contributed by atoms with E-state index in [1.807, 2.05) is 4.90 Å². The number of amides is 1. The fourth-order valence-electron chi connectivity index (χ4n) is 3.85. The molecule has 2 saturated heterocycles. The number of likely N-dealkylation sites (tertiary alicyclic amines) is 1. The summed E-state index contributed by atoms with van der Waals surface area (Å²) in [5.74, 6) is 0.311. The average molecular weight is 359 g/mol. The molecule has 2 aliphatic heterocycles. The molecule has 5 nitrogen and oxygen atoms in total. The molecule has 1 aromatic heterocycles. The third kappa shape index (κ3) is 3.51. The normalized spacial score (nSPS) is 22.6. The highest BCUT2D eigenvalue weighted by molar-refractivity contribution is 7.22. The zero-order valence-electron chi connectivity index (χ0n) is 14.6. The van der Waals surface area contributed by atoms with Crippen molar-refractivity contribution in [3.63, 3.8) is 0 Å². The number of anilines is 1. The van der Waals surface area contributed by atoms with Crippen LogP contribution < -0.4 is 4.90 Å². The lowest BCUT2D eigenvalue weighted by Crippen LogP contribution is -2.48. The van der Waals surface area contributed by atoms with E-state index in [4.69, 9.17) is 4.98 Å². The number of benzene rings is 1. The van der Waals surface area contributed by atoms with Crippen molar-refractivity contribution in [1.82, 2.24) is 9.88 Å². The van der Waals surface area contributed by atoms with Gasteiger partial charge in [0.2, 0.25) is 5.91 Å². The molecule has 2 aromatic rings.